The molecule has 2 aliphatic rings. The molecule has 0 spiro atoms. The predicted molar refractivity (Wildman–Crippen MR) is 50.8 cm³/mol. The Morgan fingerprint density at radius 3 is 2.77 bits per heavy atom. The topological polar surface area (TPSA) is 30.5 Å². The molecular weight excluding hydrogens is 166 g/mol. The van der Waals surface area contributed by atoms with E-state index >= 15 is 0 Å². The van der Waals surface area contributed by atoms with E-state index in [1.807, 2.05) is 0 Å². The SMILES string of the molecule is CC1OCCC1(C)NC1CCOC1. The van der Waals surface area contributed by atoms with Crippen LogP contribution in [0.1, 0.15) is 26.7 Å². The molecule has 0 aromatic rings. The van der Waals surface area contributed by atoms with E-state index in [0.717, 1.165) is 32.7 Å². The van der Waals surface area contributed by atoms with Gasteiger partial charge in [0.1, 0.15) is 0 Å². The van der Waals surface area contributed by atoms with Crippen LogP contribution >= 0.6 is 0 Å². The van der Waals surface area contributed by atoms with Crippen molar-refractivity contribution in [2.45, 2.75) is 44.4 Å². The van der Waals surface area contributed by atoms with Crippen molar-refractivity contribution in [1.82, 2.24) is 5.32 Å². The van der Waals surface area contributed by atoms with E-state index in [0.29, 0.717) is 12.1 Å². The molecule has 2 fully saturated rings. The zero-order valence-corrected chi connectivity index (χ0v) is 8.51. The summed E-state index contributed by atoms with van der Waals surface area (Å²) in [4.78, 5) is 0. The monoisotopic (exact) mass is 185 g/mol. The molecule has 3 heteroatoms. The minimum atomic E-state index is 0.165. The first-order valence-corrected chi connectivity index (χ1v) is 5.18. The Bertz CT molecular complexity index is 180. The summed E-state index contributed by atoms with van der Waals surface area (Å²) in [5.41, 5.74) is 0.165. The number of hydrogen-bond donors (Lipinski definition) is 1. The Kier molecular flexibility index (Phi) is 2.58. The molecule has 0 radical (unpaired) electrons. The number of ether oxygens (including phenoxy) is 2. The van der Waals surface area contributed by atoms with Crippen molar-refractivity contribution in [2.24, 2.45) is 0 Å². The summed E-state index contributed by atoms with van der Waals surface area (Å²) in [6, 6.07) is 0.536. The fourth-order valence-electron chi connectivity index (χ4n) is 2.14. The van der Waals surface area contributed by atoms with E-state index in [4.69, 9.17) is 9.47 Å². The maximum Gasteiger partial charge on any atom is 0.0726 e. The Balaban J connectivity index is 1.91. The smallest absolute Gasteiger partial charge is 0.0726 e. The molecule has 2 aliphatic heterocycles. The van der Waals surface area contributed by atoms with Crippen molar-refractivity contribution in [1.29, 1.82) is 0 Å². The van der Waals surface area contributed by atoms with Crippen LogP contribution in [0.5, 0.6) is 0 Å². The summed E-state index contributed by atoms with van der Waals surface area (Å²) in [5.74, 6) is 0. The van der Waals surface area contributed by atoms with E-state index in [9.17, 15) is 0 Å². The molecule has 1 N–H and O–H groups in total. The zero-order chi connectivity index (χ0) is 9.31. The van der Waals surface area contributed by atoms with Crippen LogP contribution < -0.4 is 5.32 Å². The van der Waals surface area contributed by atoms with Crippen LogP contribution in [0.15, 0.2) is 0 Å². The van der Waals surface area contributed by atoms with Gasteiger partial charge < -0.3 is 14.8 Å². The van der Waals surface area contributed by atoms with Gasteiger partial charge in [-0.05, 0) is 26.7 Å². The Labute approximate surface area is 79.8 Å². The quantitative estimate of drug-likeness (QED) is 0.694. The third-order valence-electron chi connectivity index (χ3n) is 3.35. The van der Waals surface area contributed by atoms with E-state index in [1.54, 1.807) is 0 Å². The van der Waals surface area contributed by atoms with Crippen molar-refractivity contribution in [3.63, 3.8) is 0 Å². The van der Waals surface area contributed by atoms with Gasteiger partial charge in [0.2, 0.25) is 0 Å². The lowest BCUT2D eigenvalue weighted by Gasteiger charge is -2.31. The normalized spacial score (nSPS) is 45.7. The Morgan fingerprint density at radius 1 is 1.38 bits per heavy atom. The van der Waals surface area contributed by atoms with Crippen LogP contribution in [-0.4, -0.2) is 37.5 Å². The van der Waals surface area contributed by atoms with E-state index in [2.05, 4.69) is 19.2 Å². The minimum Gasteiger partial charge on any atom is -0.380 e. The van der Waals surface area contributed by atoms with Gasteiger partial charge in [-0.1, -0.05) is 0 Å². The first-order chi connectivity index (χ1) is 6.21. The zero-order valence-electron chi connectivity index (χ0n) is 8.51. The molecule has 0 aliphatic carbocycles. The third kappa shape index (κ3) is 1.87. The molecule has 0 saturated carbocycles. The van der Waals surface area contributed by atoms with Gasteiger partial charge in [0.15, 0.2) is 0 Å². The second-order valence-corrected chi connectivity index (χ2v) is 4.39. The lowest BCUT2D eigenvalue weighted by molar-refractivity contribution is 0.0825. The number of nitrogens with one attached hydrogen (secondary N) is 1. The van der Waals surface area contributed by atoms with Crippen LogP contribution in [-0.2, 0) is 9.47 Å². The van der Waals surface area contributed by atoms with E-state index in [1.165, 1.54) is 0 Å². The summed E-state index contributed by atoms with van der Waals surface area (Å²) in [7, 11) is 0. The van der Waals surface area contributed by atoms with Gasteiger partial charge in [-0.15, -0.1) is 0 Å². The van der Waals surface area contributed by atoms with Gasteiger partial charge in [0.05, 0.1) is 12.7 Å². The highest BCUT2D eigenvalue weighted by atomic mass is 16.5. The highest BCUT2D eigenvalue weighted by Crippen LogP contribution is 2.26. The maximum atomic E-state index is 5.58. The summed E-state index contributed by atoms with van der Waals surface area (Å²) in [6.07, 6.45) is 2.58. The molecule has 2 saturated heterocycles. The van der Waals surface area contributed by atoms with Gasteiger partial charge in [-0.3, -0.25) is 0 Å². The van der Waals surface area contributed by atoms with Crippen LogP contribution in [0.3, 0.4) is 0 Å². The van der Waals surface area contributed by atoms with Crippen molar-refractivity contribution in [2.75, 3.05) is 19.8 Å². The summed E-state index contributed by atoms with van der Waals surface area (Å²) in [6.45, 7) is 7.06. The third-order valence-corrected chi connectivity index (χ3v) is 3.35. The molecular formula is C10H19NO2. The first-order valence-electron chi connectivity index (χ1n) is 5.18. The van der Waals surface area contributed by atoms with Crippen LogP contribution in [0.2, 0.25) is 0 Å². The van der Waals surface area contributed by atoms with Gasteiger partial charge in [-0.25, -0.2) is 0 Å². The van der Waals surface area contributed by atoms with Gasteiger partial charge >= 0.3 is 0 Å². The number of hydrogen-bond acceptors (Lipinski definition) is 3. The van der Waals surface area contributed by atoms with Crippen LogP contribution in [0.25, 0.3) is 0 Å². The van der Waals surface area contributed by atoms with Gasteiger partial charge in [0.25, 0.3) is 0 Å². The van der Waals surface area contributed by atoms with Crippen molar-refractivity contribution in [3.05, 3.63) is 0 Å². The van der Waals surface area contributed by atoms with Gasteiger partial charge in [-0.2, -0.15) is 0 Å². The average Bonchev–Trinajstić information content (AvgIpc) is 2.65. The van der Waals surface area contributed by atoms with Crippen molar-refractivity contribution in [3.8, 4) is 0 Å². The fraction of sp³-hybridized carbons (Fsp3) is 1.00. The molecule has 0 amide bonds. The fourth-order valence-corrected chi connectivity index (χ4v) is 2.14. The highest BCUT2D eigenvalue weighted by molar-refractivity contribution is 4.96. The van der Waals surface area contributed by atoms with Crippen LogP contribution in [0.4, 0.5) is 0 Å². The van der Waals surface area contributed by atoms with Crippen LogP contribution in [0, 0.1) is 0 Å². The average molecular weight is 185 g/mol. The second kappa shape index (κ2) is 3.56. The molecule has 3 unspecified atom stereocenters. The Morgan fingerprint density at radius 2 is 2.23 bits per heavy atom. The first kappa shape index (κ1) is 9.44. The maximum absolute atomic E-state index is 5.58. The molecule has 13 heavy (non-hydrogen) atoms. The molecule has 0 bridgehead atoms. The summed E-state index contributed by atoms with van der Waals surface area (Å²) >= 11 is 0. The second-order valence-electron chi connectivity index (χ2n) is 4.39. The van der Waals surface area contributed by atoms with Crippen molar-refractivity contribution < 1.29 is 9.47 Å². The molecule has 0 aromatic heterocycles. The molecule has 76 valence electrons. The predicted octanol–water partition coefficient (Wildman–Crippen LogP) is 0.932. The molecule has 2 rings (SSSR count). The van der Waals surface area contributed by atoms with Gasteiger partial charge in [0, 0.05) is 24.8 Å². The minimum absolute atomic E-state index is 0.165. The standard InChI is InChI=1S/C10H19NO2/c1-8-10(2,4-6-13-8)11-9-3-5-12-7-9/h8-9,11H,3-7H2,1-2H3. The van der Waals surface area contributed by atoms with E-state index < -0.39 is 0 Å². The summed E-state index contributed by atoms with van der Waals surface area (Å²) < 4.78 is 10.9. The van der Waals surface area contributed by atoms with E-state index in [-0.39, 0.29) is 5.54 Å². The largest absolute Gasteiger partial charge is 0.380 e. The number of rotatable bonds is 2. The lowest BCUT2D eigenvalue weighted by atomic mass is 9.93. The summed E-state index contributed by atoms with van der Waals surface area (Å²) in [5, 5.41) is 3.65. The lowest BCUT2D eigenvalue weighted by Crippen LogP contribution is -2.52. The molecule has 2 heterocycles. The molecule has 0 aromatic carbocycles. The highest BCUT2D eigenvalue weighted by Gasteiger charge is 2.38. The van der Waals surface area contributed by atoms with Crippen molar-refractivity contribution >= 4 is 0 Å². The molecule has 3 nitrogen and oxygen atoms in total. The molecule has 3 atom stereocenters. The Hall–Kier alpha value is -0.120.